The smallest absolute Gasteiger partial charge is 0.140 e. The van der Waals surface area contributed by atoms with Gasteiger partial charge in [-0.3, -0.25) is 0 Å². The van der Waals surface area contributed by atoms with Crippen molar-refractivity contribution in [1.82, 2.24) is 15.1 Å². The third kappa shape index (κ3) is 3.11. The largest absolute Gasteiger partial charge is 0.306 e. The van der Waals surface area contributed by atoms with Crippen molar-refractivity contribution in [1.29, 1.82) is 0 Å². The van der Waals surface area contributed by atoms with Crippen molar-refractivity contribution < 1.29 is 4.79 Å². The van der Waals surface area contributed by atoms with E-state index >= 15 is 0 Å². The summed E-state index contributed by atoms with van der Waals surface area (Å²) in [7, 11) is 2.20. The quantitative estimate of drug-likeness (QED) is 0.749. The van der Waals surface area contributed by atoms with E-state index < -0.39 is 0 Å². The van der Waals surface area contributed by atoms with E-state index in [1.807, 2.05) is 0 Å². The molecule has 0 aromatic carbocycles. The Kier molecular flexibility index (Phi) is 4.76. The lowest BCUT2D eigenvalue weighted by Gasteiger charge is -2.44. The van der Waals surface area contributed by atoms with Crippen LogP contribution in [-0.4, -0.2) is 67.4 Å². The zero-order chi connectivity index (χ0) is 13.0. The van der Waals surface area contributed by atoms with Crippen molar-refractivity contribution in [3.05, 3.63) is 0 Å². The van der Waals surface area contributed by atoms with E-state index in [-0.39, 0.29) is 5.54 Å². The minimum Gasteiger partial charge on any atom is -0.306 e. The molecule has 2 heterocycles. The molecule has 104 valence electrons. The summed E-state index contributed by atoms with van der Waals surface area (Å²) in [4.78, 5) is 16.3. The summed E-state index contributed by atoms with van der Waals surface area (Å²) in [5, 5.41) is 3.38. The van der Waals surface area contributed by atoms with E-state index in [9.17, 15) is 4.79 Å². The first-order valence-corrected chi connectivity index (χ1v) is 7.33. The lowest BCUT2D eigenvalue weighted by molar-refractivity contribution is -0.115. The highest BCUT2D eigenvalue weighted by Crippen LogP contribution is 2.25. The zero-order valence-corrected chi connectivity index (χ0v) is 11.8. The van der Waals surface area contributed by atoms with Crippen molar-refractivity contribution in [2.45, 2.75) is 44.2 Å². The number of likely N-dealkylation sites (N-methyl/N-ethyl adjacent to an activating group) is 1. The highest BCUT2D eigenvalue weighted by atomic mass is 16.1. The summed E-state index contributed by atoms with van der Waals surface area (Å²) in [5.74, 6) is 0. The molecule has 0 atom stereocenters. The number of nitrogens with one attached hydrogen (secondary N) is 1. The Morgan fingerprint density at radius 1 is 1.22 bits per heavy atom. The van der Waals surface area contributed by atoms with Gasteiger partial charge >= 0.3 is 0 Å². The van der Waals surface area contributed by atoms with E-state index in [4.69, 9.17) is 0 Å². The number of aldehydes is 1. The van der Waals surface area contributed by atoms with Gasteiger partial charge in [0.15, 0.2) is 0 Å². The van der Waals surface area contributed by atoms with Crippen LogP contribution >= 0.6 is 0 Å². The number of likely N-dealkylation sites (tertiary alicyclic amines) is 2. The molecule has 2 saturated heterocycles. The molecule has 0 aliphatic carbocycles. The van der Waals surface area contributed by atoms with Gasteiger partial charge in [0.2, 0.25) is 0 Å². The minimum absolute atomic E-state index is 0.239. The van der Waals surface area contributed by atoms with Gasteiger partial charge in [0.25, 0.3) is 0 Å². The van der Waals surface area contributed by atoms with Gasteiger partial charge in [-0.05, 0) is 52.4 Å². The van der Waals surface area contributed by atoms with Crippen LogP contribution < -0.4 is 5.32 Å². The highest BCUT2D eigenvalue weighted by Gasteiger charge is 2.35. The van der Waals surface area contributed by atoms with Crippen LogP contribution in [0, 0.1) is 0 Å². The van der Waals surface area contributed by atoms with Gasteiger partial charge in [-0.2, -0.15) is 0 Å². The molecular formula is C14H27N3O. The van der Waals surface area contributed by atoms with Crippen LogP contribution in [0.25, 0.3) is 0 Å². The second kappa shape index (κ2) is 6.13. The van der Waals surface area contributed by atoms with Crippen molar-refractivity contribution in [2.24, 2.45) is 0 Å². The van der Waals surface area contributed by atoms with E-state index in [1.165, 1.54) is 25.9 Å². The summed E-state index contributed by atoms with van der Waals surface area (Å²) in [5.41, 5.74) is -0.239. The molecule has 4 nitrogen and oxygen atoms in total. The van der Waals surface area contributed by atoms with Crippen LogP contribution in [0.3, 0.4) is 0 Å². The standard InChI is InChI=1S/C14H27N3O/c1-3-15-14(12-18)6-10-17(11-7-14)13-4-8-16(2)9-5-13/h12-13,15H,3-11H2,1-2H3. The maximum Gasteiger partial charge on any atom is 0.140 e. The third-order valence-electron chi connectivity index (χ3n) is 4.65. The summed E-state index contributed by atoms with van der Waals surface area (Å²) < 4.78 is 0. The number of carbonyl (C=O) groups excluding carboxylic acids is 1. The molecule has 0 radical (unpaired) electrons. The molecular weight excluding hydrogens is 226 g/mol. The molecule has 0 aromatic rings. The molecule has 0 unspecified atom stereocenters. The first kappa shape index (κ1) is 14.0. The normalized spacial score (nSPS) is 27.2. The second-order valence-electron chi connectivity index (χ2n) is 5.87. The van der Waals surface area contributed by atoms with Crippen molar-refractivity contribution >= 4 is 6.29 Å². The molecule has 0 saturated carbocycles. The number of hydrogen-bond donors (Lipinski definition) is 1. The summed E-state index contributed by atoms with van der Waals surface area (Å²) in [6.45, 7) is 7.53. The lowest BCUT2D eigenvalue weighted by Crippen LogP contribution is -2.57. The fraction of sp³-hybridized carbons (Fsp3) is 0.929. The summed E-state index contributed by atoms with van der Waals surface area (Å²) in [6.07, 6.45) is 5.65. The van der Waals surface area contributed by atoms with Crippen LogP contribution in [0.1, 0.15) is 32.6 Å². The van der Waals surface area contributed by atoms with Crippen LogP contribution in [0.2, 0.25) is 0 Å². The van der Waals surface area contributed by atoms with Gasteiger partial charge < -0.3 is 19.9 Å². The highest BCUT2D eigenvalue weighted by molar-refractivity contribution is 5.64. The fourth-order valence-electron chi connectivity index (χ4n) is 3.34. The molecule has 2 aliphatic rings. The average molecular weight is 253 g/mol. The fourth-order valence-corrected chi connectivity index (χ4v) is 3.34. The molecule has 1 N–H and O–H groups in total. The van der Waals surface area contributed by atoms with E-state index in [0.717, 1.165) is 44.8 Å². The maximum atomic E-state index is 11.3. The molecule has 2 rings (SSSR count). The Hall–Kier alpha value is -0.450. The van der Waals surface area contributed by atoms with Crippen LogP contribution in [0.5, 0.6) is 0 Å². The van der Waals surface area contributed by atoms with E-state index in [0.29, 0.717) is 0 Å². The Balaban J connectivity index is 1.84. The van der Waals surface area contributed by atoms with Crippen molar-refractivity contribution in [3.63, 3.8) is 0 Å². The molecule has 0 aromatic heterocycles. The van der Waals surface area contributed by atoms with Gasteiger partial charge in [-0.25, -0.2) is 0 Å². The van der Waals surface area contributed by atoms with Crippen LogP contribution in [0.4, 0.5) is 0 Å². The van der Waals surface area contributed by atoms with Crippen LogP contribution in [-0.2, 0) is 4.79 Å². The van der Waals surface area contributed by atoms with Gasteiger partial charge in [-0.15, -0.1) is 0 Å². The Bertz CT molecular complexity index is 266. The molecule has 4 heteroatoms. The van der Waals surface area contributed by atoms with Gasteiger partial charge in [-0.1, -0.05) is 6.92 Å². The predicted octanol–water partition coefficient (Wildman–Crippen LogP) is 0.724. The SMILES string of the molecule is CCNC1(C=O)CCN(C2CCN(C)CC2)CC1. The van der Waals surface area contributed by atoms with Crippen molar-refractivity contribution in [2.75, 3.05) is 39.8 Å². The monoisotopic (exact) mass is 253 g/mol. The Labute approximate surface area is 111 Å². The zero-order valence-electron chi connectivity index (χ0n) is 11.8. The van der Waals surface area contributed by atoms with Crippen molar-refractivity contribution in [3.8, 4) is 0 Å². The molecule has 2 fully saturated rings. The maximum absolute atomic E-state index is 11.3. The predicted molar refractivity (Wildman–Crippen MR) is 73.8 cm³/mol. The number of hydrogen-bond acceptors (Lipinski definition) is 4. The lowest BCUT2D eigenvalue weighted by atomic mass is 9.87. The number of piperidine rings is 2. The minimum atomic E-state index is -0.239. The summed E-state index contributed by atoms with van der Waals surface area (Å²) in [6, 6.07) is 0.743. The first-order valence-electron chi connectivity index (χ1n) is 7.33. The second-order valence-corrected chi connectivity index (χ2v) is 5.87. The number of nitrogens with zero attached hydrogens (tertiary/aromatic N) is 2. The van der Waals surface area contributed by atoms with E-state index in [2.05, 4.69) is 29.1 Å². The molecule has 0 amide bonds. The molecule has 0 spiro atoms. The Morgan fingerprint density at radius 3 is 2.33 bits per heavy atom. The average Bonchev–Trinajstić information content (AvgIpc) is 2.41. The van der Waals surface area contributed by atoms with E-state index in [1.54, 1.807) is 0 Å². The van der Waals surface area contributed by atoms with Gasteiger partial charge in [0, 0.05) is 19.1 Å². The number of carbonyl (C=O) groups is 1. The third-order valence-corrected chi connectivity index (χ3v) is 4.65. The van der Waals surface area contributed by atoms with Gasteiger partial charge in [0.05, 0.1) is 5.54 Å². The summed E-state index contributed by atoms with van der Waals surface area (Å²) >= 11 is 0. The molecule has 2 aliphatic heterocycles. The molecule has 18 heavy (non-hydrogen) atoms. The van der Waals surface area contributed by atoms with Gasteiger partial charge in [0.1, 0.15) is 6.29 Å². The molecule has 0 bridgehead atoms. The van der Waals surface area contributed by atoms with Crippen LogP contribution in [0.15, 0.2) is 0 Å². The Morgan fingerprint density at radius 2 is 1.83 bits per heavy atom. The first-order chi connectivity index (χ1) is 8.69. The topological polar surface area (TPSA) is 35.6 Å². The number of rotatable bonds is 4.